The second-order valence-corrected chi connectivity index (χ2v) is 5.80. The van der Waals surface area contributed by atoms with Crippen molar-refractivity contribution in [3.05, 3.63) is 34.9 Å². The molecule has 1 unspecified atom stereocenters. The zero-order valence-corrected chi connectivity index (χ0v) is 14.2. The van der Waals surface area contributed by atoms with Crippen molar-refractivity contribution in [2.24, 2.45) is 5.73 Å². The number of hydrogen-bond acceptors (Lipinski definition) is 2. The molecule has 0 aliphatic carbocycles. The van der Waals surface area contributed by atoms with Crippen LogP contribution in [0.15, 0.2) is 18.2 Å². The fourth-order valence-electron chi connectivity index (χ4n) is 3.46. The van der Waals surface area contributed by atoms with Gasteiger partial charge >= 0.3 is 0 Å². The van der Waals surface area contributed by atoms with E-state index in [4.69, 9.17) is 5.73 Å². The van der Waals surface area contributed by atoms with Gasteiger partial charge in [0.05, 0.1) is 0 Å². The second kappa shape index (κ2) is 7.24. The number of rotatable bonds is 7. The molecule has 114 valence electrons. The van der Waals surface area contributed by atoms with E-state index >= 15 is 0 Å². The van der Waals surface area contributed by atoms with Crippen molar-refractivity contribution in [3.8, 4) is 0 Å². The van der Waals surface area contributed by atoms with Gasteiger partial charge in [0.1, 0.15) is 0 Å². The summed E-state index contributed by atoms with van der Waals surface area (Å²) in [6.45, 7) is 15.4. The van der Waals surface area contributed by atoms with Crippen LogP contribution in [0.1, 0.15) is 63.3 Å². The van der Waals surface area contributed by atoms with Crippen LogP contribution in [0.25, 0.3) is 0 Å². The first-order valence-corrected chi connectivity index (χ1v) is 8.04. The molecule has 2 heteroatoms. The molecule has 1 rings (SSSR count). The van der Waals surface area contributed by atoms with Gasteiger partial charge in [-0.1, -0.05) is 45.9 Å². The molecule has 0 aliphatic rings. The number of aryl methyl sites for hydroxylation is 2. The van der Waals surface area contributed by atoms with Crippen molar-refractivity contribution in [2.75, 3.05) is 13.1 Å². The Morgan fingerprint density at radius 3 is 1.95 bits per heavy atom. The first-order valence-electron chi connectivity index (χ1n) is 8.04. The molecule has 0 aliphatic heterocycles. The molecule has 0 radical (unpaired) electrons. The zero-order chi connectivity index (χ0) is 15.3. The molecule has 0 saturated carbocycles. The topological polar surface area (TPSA) is 29.3 Å². The van der Waals surface area contributed by atoms with Crippen LogP contribution in [0.3, 0.4) is 0 Å². The summed E-state index contributed by atoms with van der Waals surface area (Å²) < 4.78 is 0. The molecule has 20 heavy (non-hydrogen) atoms. The highest BCUT2D eigenvalue weighted by atomic mass is 15.2. The smallest absolute Gasteiger partial charge is 0.0482 e. The summed E-state index contributed by atoms with van der Waals surface area (Å²) in [7, 11) is 0. The van der Waals surface area contributed by atoms with Gasteiger partial charge in [0, 0.05) is 11.6 Å². The molecular weight excluding hydrogens is 244 g/mol. The van der Waals surface area contributed by atoms with Gasteiger partial charge in [0.25, 0.3) is 0 Å². The molecule has 1 aromatic rings. The quantitative estimate of drug-likeness (QED) is 0.808. The lowest BCUT2D eigenvalue weighted by Crippen LogP contribution is -2.54. The van der Waals surface area contributed by atoms with Gasteiger partial charge in [-0.2, -0.15) is 0 Å². The van der Waals surface area contributed by atoms with Crippen molar-refractivity contribution in [1.82, 2.24) is 4.90 Å². The van der Waals surface area contributed by atoms with Gasteiger partial charge in [0.2, 0.25) is 0 Å². The van der Waals surface area contributed by atoms with Crippen LogP contribution in [0, 0.1) is 13.8 Å². The van der Waals surface area contributed by atoms with Crippen LogP contribution in [0.4, 0.5) is 0 Å². The van der Waals surface area contributed by atoms with Crippen molar-refractivity contribution in [1.29, 1.82) is 0 Å². The molecule has 0 amide bonds. The van der Waals surface area contributed by atoms with Gasteiger partial charge in [-0.05, 0) is 56.5 Å². The minimum atomic E-state index is 0.0607. The Kier molecular flexibility index (Phi) is 6.22. The largest absolute Gasteiger partial charge is 0.322 e. The van der Waals surface area contributed by atoms with E-state index in [0.717, 1.165) is 25.9 Å². The van der Waals surface area contributed by atoms with E-state index < -0.39 is 0 Å². The van der Waals surface area contributed by atoms with E-state index in [2.05, 4.69) is 64.6 Å². The van der Waals surface area contributed by atoms with E-state index in [1.165, 1.54) is 16.7 Å². The monoisotopic (exact) mass is 276 g/mol. The molecule has 1 aromatic carbocycles. The minimum Gasteiger partial charge on any atom is -0.322 e. The van der Waals surface area contributed by atoms with Crippen LogP contribution in [0.2, 0.25) is 0 Å². The average Bonchev–Trinajstić information content (AvgIpc) is 2.47. The summed E-state index contributed by atoms with van der Waals surface area (Å²) in [6, 6.07) is 6.74. The summed E-state index contributed by atoms with van der Waals surface area (Å²) in [5.41, 5.74) is 10.7. The first kappa shape index (κ1) is 17.2. The Balaban J connectivity index is 3.22. The fourth-order valence-corrected chi connectivity index (χ4v) is 3.46. The molecule has 0 heterocycles. The maximum absolute atomic E-state index is 6.72. The second-order valence-electron chi connectivity index (χ2n) is 5.80. The third kappa shape index (κ3) is 3.07. The molecule has 1 atom stereocenters. The van der Waals surface area contributed by atoms with Crippen LogP contribution in [-0.2, 0) is 0 Å². The Hall–Kier alpha value is -0.860. The van der Waals surface area contributed by atoms with Crippen LogP contribution >= 0.6 is 0 Å². The fraction of sp³-hybridized carbons (Fsp3) is 0.667. The molecule has 0 saturated heterocycles. The molecule has 0 aromatic heterocycles. The standard InChI is InChI=1S/C18H32N2/c1-7-18(8-2,20(9-3)10-4)17(19)16-12-11-14(5)15(6)13-16/h11-13,17H,7-10,19H2,1-6H3. The Morgan fingerprint density at radius 2 is 1.55 bits per heavy atom. The molecule has 0 bridgehead atoms. The van der Waals surface area contributed by atoms with Crippen molar-refractivity contribution in [2.45, 2.75) is 66.0 Å². The van der Waals surface area contributed by atoms with Crippen molar-refractivity contribution in [3.63, 3.8) is 0 Å². The van der Waals surface area contributed by atoms with Crippen molar-refractivity contribution >= 4 is 0 Å². The first-order chi connectivity index (χ1) is 9.46. The molecule has 0 fully saturated rings. The van der Waals surface area contributed by atoms with E-state index in [1.807, 2.05) is 0 Å². The number of benzene rings is 1. The van der Waals surface area contributed by atoms with Crippen LogP contribution in [0.5, 0.6) is 0 Å². The minimum absolute atomic E-state index is 0.0607. The maximum atomic E-state index is 6.72. The van der Waals surface area contributed by atoms with E-state index in [1.54, 1.807) is 0 Å². The Bertz CT molecular complexity index is 417. The van der Waals surface area contributed by atoms with Gasteiger partial charge in [-0.15, -0.1) is 0 Å². The maximum Gasteiger partial charge on any atom is 0.0482 e. The molecule has 0 spiro atoms. The van der Waals surface area contributed by atoms with Gasteiger partial charge < -0.3 is 5.73 Å². The average molecular weight is 276 g/mol. The molecular formula is C18H32N2. The number of likely N-dealkylation sites (N-methyl/N-ethyl adjacent to an activating group) is 1. The Morgan fingerprint density at radius 1 is 1.00 bits per heavy atom. The molecule has 2 N–H and O–H groups in total. The number of nitrogens with zero attached hydrogens (tertiary/aromatic N) is 1. The number of nitrogens with two attached hydrogens (primary N) is 1. The zero-order valence-electron chi connectivity index (χ0n) is 14.2. The Labute approximate surface area is 125 Å². The highest BCUT2D eigenvalue weighted by molar-refractivity contribution is 5.33. The van der Waals surface area contributed by atoms with Crippen LogP contribution in [-0.4, -0.2) is 23.5 Å². The van der Waals surface area contributed by atoms with Gasteiger partial charge in [-0.25, -0.2) is 0 Å². The lowest BCUT2D eigenvalue weighted by Gasteiger charge is -2.47. The van der Waals surface area contributed by atoms with Gasteiger partial charge in [-0.3, -0.25) is 4.90 Å². The molecule has 2 nitrogen and oxygen atoms in total. The van der Waals surface area contributed by atoms with E-state index in [0.29, 0.717) is 0 Å². The normalized spacial score (nSPS) is 13.8. The summed E-state index contributed by atoms with van der Waals surface area (Å²) in [4.78, 5) is 2.53. The predicted molar refractivity (Wildman–Crippen MR) is 89.1 cm³/mol. The van der Waals surface area contributed by atoms with Gasteiger partial charge in [0.15, 0.2) is 0 Å². The summed E-state index contributed by atoms with van der Waals surface area (Å²) in [6.07, 6.45) is 2.17. The number of hydrogen-bond donors (Lipinski definition) is 1. The van der Waals surface area contributed by atoms with Crippen LogP contribution < -0.4 is 5.73 Å². The SMILES string of the molecule is CCN(CC)C(CC)(CC)C(N)c1ccc(C)c(C)c1. The van der Waals surface area contributed by atoms with E-state index in [9.17, 15) is 0 Å². The third-order valence-corrected chi connectivity index (χ3v) is 5.09. The van der Waals surface area contributed by atoms with E-state index in [-0.39, 0.29) is 11.6 Å². The lowest BCUT2D eigenvalue weighted by molar-refractivity contribution is 0.0625. The highest BCUT2D eigenvalue weighted by Gasteiger charge is 2.38. The summed E-state index contributed by atoms with van der Waals surface area (Å²) in [5.74, 6) is 0. The summed E-state index contributed by atoms with van der Waals surface area (Å²) >= 11 is 0. The lowest BCUT2D eigenvalue weighted by atomic mass is 9.79. The van der Waals surface area contributed by atoms with Crippen molar-refractivity contribution < 1.29 is 0 Å². The highest BCUT2D eigenvalue weighted by Crippen LogP contribution is 2.36. The summed E-state index contributed by atoms with van der Waals surface area (Å²) in [5, 5.41) is 0. The predicted octanol–water partition coefficient (Wildman–Crippen LogP) is 4.20. The third-order valence-electron chi connectivity index (χ3n) is 5.09.